The topological polar surface area (TPSA) is 41.1 Å². The quantitative estimate of drug-likeness (QED) is 0.567. The van der Waals surface area contributed by atoms with Crippen LogP contribution in [0.2, 0.25) is 5.02 Å². The Morgan fingerprint density at radius 3 is 2.57 bits per heavy atom. The molecule has 0 aliphatic carbocycles. The second-order valence-electron chi connectivity index (χ2n) is 4.65. The van der Waals surface area contributed by atoms with Gasteiger partial charge in [0.25, 0.3) is 5.91 Å². The first kappa shape index (κ1) is 15.9. The normalized spacial score (nSPS) is 10.3. The molecular formula is C17H13ClN2OS2. The largest absolute Gasteiger partial charge is 0.323 e. The van der Waals surface area contributed by atoms with E-state index in [-0.39, 0.29) is 5.91 Å². The summed E-state index contributed by atoms with van der Waals surface area (Å²) in [6.45, 7) is 0. The van der Waals surface area contributed by atoms with E-state index in [4.69, 9.17) is 11.6 Å². The lowest BCUT2D eigenvalue weighted by molar-refractivity contribution is 0.102. The Kier molecular flexibility index (Phi) is 5.23. The van der Waals surface area contributed by atoms with Crippen LogP contribution in [0.1, 0.15) is 10.4 Å². The van der Waals surface area contributed by atoms with Gasteiger partial charge in [0.2, 0.25) is 0 Å². The molecule has 3 aromatic rings. The first-order valence-corrected chi connectivity index (χ1v) is 8.92. The fourth-order valence-electron chi connectivity index (χ4n) is 1.93. The third kappa shape index (κ3) is 4.28. The lowest BCUT2D eigenvalue weighted by atomic mass is 10.2. The molecule has 0 bridgehead atoms. The van der Waals surface area contributed by atoms with E-state index in [1.165, 1.54) is 11.9 Å². The van der Waals surface area contributed by atoms with Gasteiger partial charge in [0.15, 0.2) is 0 Å². The highest BCUT2D eigenvalue weighted by Crippen LogP contribution is 2.29. The van der Waals surface area contributed by atoms with Crippen LogP contribution in [0.15, 0.2) is 70.3 Å². The number of hydrogen-bond acceptors (Lipinski definition) is 4. The van der Waals surface area contributed by atoms with Crippen LogP contribution in [0.25, 0.3) is 0 Å². The Labute approximate surface area is 147 Å². The van der Waals surface area contributed by atoms with Crippen molar-refractivity contribution in [2.45, 2.75) is 4.21 Å². The van der Waals surface area contributed by atoms with Gasteiger partial charge < -0.3 is 10.0 Å². The van der Waals surface area contributed by atoms with Gasteiger partial charge in [-0.1, -0.05) is 35.9 Å². The van der Waals surface area contributed by atoms with E-state index >= 15 is 0 Å². The number of benzene rings is 2. The number of para-hydroxylation sites is 2. The van der Waals surface area contributed by atoms with Crippen LogP contribution in [-0.2, 0) is 0 Å². The second kappa shape index (κ2) is 7.55. The molecule has 23 heavy (non-hydrogen) atoms. The number of carbonyl (C=O) groups is 1. The summed E-state index contributed by atoms with van der Waals surface area (Å²) in [5.74, 6) is -0.192. The summed E-state index contributed by atoms with van der Waals surface area (Å²) >= 11 is 9.11. The molecule has 2 N–H and O–H groups in total. The number of carbonyl (C=O) groups excluding carboxylic acids is 1. The molecule has 1 aromatic heterocycles. The van der Waals surface area contributed by atoms with E-state index in [0.717, 1.165) is 15.6 Å². The third-order valence-electron chi connectivity index (χ3n) is 3.02. The number of nitrogens with one attached hydrogen (secondary N) is 2. The Bertz CT molecular complexity index is 806. The molecule has 1 heterocycles. The van der Waals surface area contributed by atoms with Crippen LogP contribution in [0.3, 0.4) is 0 Å². The van der Waals surface area contributed by atoms with Crippen molar-refractivity contribution >= 4 is 52.2 Å². The number of amides is 1. The smallest absolute Gasteiger partial charge is 0.255 e. The van der Waals surface area contributed by atoms with E-state index in [1.807, 2.05) is 41.8 Å². The van der Waals surface area contributed by atoms with E-state index in [2.05, 4.69) is 10.0 Å². The number of anilines is 2. The molecule has 0 radical (unpaired) electrons. The van der Waals surface area contributed by atoms with Gasteiger partial charge in [0, 0.05) is 10.6 Å². The molecule has 0 saturated heterocycles. The molecule has 0 unspecified atom stereocenters. The standard InChI is InChI=1S/C17H13ClN2OS2/c18-13-6-3-5-12(11-13)17(21)19-14-7-1-2-8-15(14)20-23-16-9-4-10-22-16/h1-11,20H,(H,19,21). The minimum Gasteiger partial charge on any atom is -0.323 e. The van der Waals surface area contributed by atoms with Crippen LogP contribution in [0.4, 0.5) is 11.4 Å². The van der Waals surface area contributed by atoms with Gasteiger partial charge in [0.05, 0.1) is 15.6 Å². The summed E-state index contributed by atoms with van der Waals surface area (Å²) in [7, 11) is 0. The van der Waals surface area contributed by atoms with Crippen LogP contribution >= 0.6 is 34.9 Å². The van der Waals surface area contributed by atoms with Crippen molar-refractivity contribution < 1.29 is 4.79 Å². The summed E-state index contributed by atoms with van der Waals surface area (Å²) < 4.78 is 4.42. The van der Waals surface area contributed by atoms with Gasteiger partial charge in [0.1, 0.15) is 0 Å². The Morgan fingerprint density at radius 1 is 1.00 bits per heavy atom. The molecule has 6 heteroatoms. The predicted molar refractivity (Wildman–Crippen MR) is 99.6 cm³/mol. The molecular weight excluding hydrogens is 348 g/mol. The lowest BCUT2D eigenvalue weighted by Gasteiger charge is -2.12. The molecule has 3 rings (SSSR count). The summed E-state index contributed by atoms with van der Waals surface area (Å²) in [5.41, 5.74) is 2.10. The van der Waals surface area contributed by atoms with Gasteiger partial charge >= 0.3 is 0 Å². The Hall–Kier alpha value is -1.95. The van der Waals surface area contributed by atoms with Crippen LogP contribution in [0, 0.1) is 0 Å². The van der Waals surface area contributed by atoms with Crippen LogP contribution < -0.4 is 10.0 Å². The highest BCUT2D eigenvalue weighted by atomic mass is 35.5. The molecule has 2 aromatic carbocycles. The van der Waals surface area contributed by atoms with Crippen molar-refractivity contribution in [2.24, 2.45) is 0 Å². The first-order chi connectivity index (χ1) is 11.2. The summed E-state index contributed by atoms with van der Waals surface area (Å²) in [5, 5.41) is 5.48. The SMILES string of the molecule is O=C(Nc1ccccc1NSc1cccs1)c1cccc(Cl)c1. The number of hydrogen-bond donors (Lipinski definition) is 2. The van der Waals surface area contributed by atoms with Crippen molar-refractivity contribution in [3.05, 3.63) is 76.6 Å². The van der Waals surface area contributed by atoms with Gasteiger partial charge in [-0.15, -0.1) is 11.3 Å². The summed E-state index contributed by atoms with van der Waals surface area (Å²) in [6.07, 6.45) is 0. The van der Waals surface area contributed by atoms with E-state index in [9.17, 15) is 4.79 Å². The minimum atomic E-state index is -0.192. The van der Waals surface area contributed by atoms with Gasteiger partial charge in [-0.05, 0) is 53.7 Å². The molecule has 3 nitrogen and oxygen atoms in total. The molecule has 116 valence electrons. The molecule has 0 spiro atoms. The Morgan fingerprint density at radius 2 is 1.83 bits per heavy atom. The van der Waals surface area contributed by atoms with Crippen molar-refractivity contribution in [3.8, 4) is 0 Å². The molecule has 0 aliphatic rings. The summed E-state index contributed by atoms with van der Waals surface area (Å²) in [4.78, 5) is 12.3. The highest BCUT2D eigenvalue weighted by molar-refractivity contribution is 8.02. The predicted octanol–water partition coefficient (Wildman–Crippen LogP) is 5.77. The number of thiophene rings is 1. The first-order valence-electron chi connectivity index (χ1n) is 6.85. The number of halogens is 1. The summed E-state index contributed by atoms with van der Waals surface area (Å²) in [6, 6.07) is 18.5. The van der Waals surface area contributed by atoms with E-state index in [0.29, 0.717) is 10.6 Å². The van der Waals surface area contributed by atoms with E-state index < -0.39 is 0 Å². The van der Waals surface area contributed by atoms with Crippen molar-refractivity contribution in [1.29, 1.82) is 0 Å². The maximum atomic E-state index is 12.3. The van der Waals surface area contributed by atoms with Gasteiger partial charge in [-0.3, -0.25) is 4.79 Å². The van der Waals surface area contributed by atoms with Gasteiger partial charge in [-0.25, -0.2) is 0 Å². The molecule has 0 atom stereocenters. The fraction of sp³-hybridized carbons (Fsp3) is 0. The van der Waals surface area contributed by atoms with Gasteiger partial charge in [-0.2, -0.15) is 0 Å². The monoisotopic (exact) mass is 360 g/mol. The zero-order valence-electron chi connectivity index (χ0n) is 12.0. The maximum absolute atomic E-state index is 12.3. The van der Waals surface area contributed by atoms with Crippen LogP contribution in [0.5, 0.6) is 0 Å². The average molecular weight is 361 g/mol. The number of rotatable bonds is 5. The van der Waals surface area contributed by atoms with Crippen molar-refractivity contribution in [1.82, 2.24) is 0 Å². The zero-order valence-corrected chi connectivity index (χ0v) is 14.3. The zero-order chi connectivity index (χ0) is 16.1. The maximum Gasteiger partial charge on any atom is 0.255 e. The molecule has 0 saturated carbocycles. The van der Waals surface area contributed by atoms with E-state index in [1.54, 1.807) is 35.6 Å². The minimum absolute atomic E-state index is 0.192. The third-order valence-corrected chi connectivity index (χ3v) is 5.11. The highest BCUT2D eigenvalue weighted by Gasteiger charge is 2.09. The Balaban J connectivity index is 1.73. The molecule has 1 amide bonds. The van der Waals surface area contributed by atoms with Crippen molar-refractivity contribution in [2.75, 3.05) is 10.0 Å². The van der Waals surface area contributed by atoms with Crippen molar-refractivity contribution in [3.63, 3.8) is 0 Å². The lowest BCUT2D eigenvalue weighted by Crippen LogP contribution is -2.12. The average Bonchev–Trinajstić information content (AvgIpc) is 3.07. The van der Waals surface area contributed by atoms with Crippen LogP contribution in [-0.4, -0.2) is 5.91 Å². The molecule has 0 fully saturated rings. The fourth-order valence-corrected chi connectivity index (χ4v) is 3.59. The molecule has 0 aliphatic heterocycles. The second-order valence-corrected chi connectivity index (χ2v) is 7.14.